The summed E-state index contributed by atoms with van der Waals surface area (Å²) in [4.78, 5) is 17.0. The maximum atomic E-state index is 12.0. The van der Waals surface area contributed by atoms with E-state index in [1.165, 1.54) is 6.21 Å². The highest BCUT2D eigenvalue weighted by Gasteiger charge is 2.18. The van der Waals surface area contributed by atoms with E-state index in [4.69, 9.17) is 51.2 Å². The van der Waals surface area contributed by atoms with E-state index >= 15 is 0 Å². The molecule has 4 rings (SSSR count). The number of rotatable bonds is 6. The van der Waals surface area contributed by atoms with E-state index in [-0.39, 0.29) is 6.54 Å². The van der Waals surface area contributed by atoms with Crippen LogP contribution in [0.1, 0.15) is 16.8 Å². The Kier molecular flexibility index (Phi) is 7.98. The van der Waals surface area contributed by atoms with Crippen LogP contribution in [-0.4, -0.2) is 22.1 Å². The molecule has 4 aromatic rings. The van der Waals surface area contributed by atoms with Gasteiger partial charge in [0.25, 0.3) is 0 Å². The molecule has 0 fully saturated rings. The van der Waals surface area contributed by atoms with Crippen molar-refractivity contribution >= 4 is 58.7 Å². The minimum absolute atomic E-state index is 0.273. The van der Waals surface area contributed by atoms with Crippen molar-refractivity contribution < 1.29 is 9.63 Å². The van der Waals surface area contributed by atoms with Crippen LogP contribution in [0, 0.1) is 6.92 Å². The van der Waals surface area contributed by atoms with Gasteiger partial charge in [0.05, 0.1) is 22.6 Å². The van der Waals surface area contributed by atoms with Gasteiger partial charge in [-0.3, -0.25) is 4.84 Å². The number of carbonyl (C=O) groups excluding carboxylic acids is 1. The smallest absolute Gasteiger partial charge is 0.316 e. The highest BCUT2D eigenvalue weighted by Crippen LogP contribution is 2.32. The number of oxime groups is 1. The Morgan fingerprint density at radius 3 is 2.26 bits per heavy atom. The van der Waals surface area contributed by atoms with Gasteiger partial charge in [-0.15, -0.1) is 0 Å². The maximum Gasteiger partial charge on any atom is 0.433 e. The fourth-order valence-corrected chi connectivity index (χ4v) is 4.08. The molecule has 1 heterocycles. The number of benzene rings is 3. The first kappa shape index (κ1) is 25.1. The Labute approximate surface area is 222 Å². The first-order valence-electron chi connectivity index (χ1n) is 10.4. The third-order valence-electron chi connectivity index (χ3n) is 5.08. The van der Waals surface area contributed by atoms with E-state index in [0.717, 1.165) is 22.4 Å². The van der Waals surface area contributed by atoms with Gasteiger partial charge in [0.1, 0.15) is 5.69 Å². The van der Waals surface area contributed by atoms with Crippen LogP contribution in [0.4, 0.5) is 4.79 Å². The van der Waals surface area contributed by atoms with Crippen molar-refractivity contribution in [3.05, 3.63) is 104 Å². The van der Waals surface area contributed by atoms with Gasteiger partial charge in [0.2, 0.25) is 0 Å². The van der Waals surface area contributed by atoms with E-state index in [1.807, 2.05) is 31.2 Å². The minimum atomic E-state index is -0.702. The minimum Gasteiger partial charge on any atom is -0.316 e. The van der Waals surface area contributed by atoms with Crippen LogP contribution in [0.3, 0.4) is 0 Å². The first-order valence-corrected chi connectivity index (χ1v) is 11.9. The van der Waals surface area contributed by atoms with E-state index in [9.17, 15) is 4.79 Å². The number of carbonyl (C=O) groups is 1. The van der Waals surface area contributed by atoms with Crippen molar-refractivity contribution in [1.82, 2.24) is 15.1 Å². The first-order chi connectivity index (χ1) is 16.8. The van der Waals surface area contributed by atoms with E-state index in [0.29, 0.717) is 31.5 Å². The summed E-state index contributed by atoms with van der Waals surface area (Å²) in [6.45, 7) is 2.16. The number of aromatic nitrogens is 2. The van der Waals surface area contributed by atoms with Crippen LogP contribution in [0.2, 0.25) is 20.1 Å². The summed E-state index contributed by atoms with van der Waals surface area (Å²) in [6.07, 6.45) is 0.670. The van der Waals surface area contributed by atoms with E-state index in [1.54, 1.807) is 47.1 Å². The van der Waals surface area contributed by atoms with Crippen LogP contribution < -0.4 is 5.32 Å². The van der Waals surface area contributed by atoms with Crippen LogP contribution in [-0.2, 0) is 11.4 Å². The Hall–Kier alpha value is -3.03. The maximum absolute atomic E-state index is 12.0. The molecule has 0 bridgehead atoms. The van der Waals surface area contributed by atoms with Crippen molar-refractivity contribution in [3.8, 4) is 16.9 Å². The fraction of sp³-hybridized carbons (Fsp3) is 0.0800. The molecule has 0 spiro atoms. The second-order valence-electron chi connectivity index (χ2n) is 7.47. The highest BCUT2D eigenvalue weighted by molar-refractivity contribution is 6.35. The topological polar surface area (TPSA) is 68.5 Å². The number of hydrogen-bond donors (Lipinski definition) is 1. The lowest BCUT2D eigenvalue weighted by molar-refractivity contribution is 0.151. The molecular formula is C25H18Cl4N4O2. The lowest BCUT2D eigenvalue weighted by Gasteiger charge is -2.11. The summed E-state index contributed by atoms with van der Waals surface area (Å²) in [5, 5.41) is 13.3. The van der Waals surface area contributed by atoms with Crippen LogP contribution in [0.5, 0.6) is 0 Å². The Bertz CT molecular complexity index is 1380. The van der Waals surface area contributed by atoms with Crippen molar-refractivity contribution in [2.24, 2.45) is 5.16 Å². The molecule has 0 radical (unpaired) electrons. The lowest BCUT2D eigenvalue weighted by atomic mass is 10.1. The number of nitrogens with zero attached hydrogens (tertiary/aromatic N) is 3. The molecular weight excluding hydrogens is 530 g/mol. The van der Waals surface area contributed by atoms with Crippen molar-refractivity contribution in [2.75, 3.05) is 0 Å². The van der Waals surface area contributed by atoms with Gasteiger partial charge >= 0.3 is 6.09 Å². The van der Waals surface area contributed by atoms with Gasteiger partial charge in [-0.2, -0.15) is 5.10 Å². The molecule has 0 saturated heterocycles. The number of amides is 1. The van der Waals surface area contributed by atoms with E-state index < -0.39 is 6.09 Å². The second-order valence-corrected chi connectivity index (χ2v) is 9.18. The average Bonchev–Trinajstić information content (AvgIpc) is 3.15. The summed E-state index contributed by atoms with van der Waals surface area (Å²) in [7, 11) is 0. The van der Waals surface area contributed by atoms with Crippen LogP contribution in [0.25, 0.3) is 16.9 Å². The summed E-state index contributed by atoms with van der Waals surface area (Å²) in [5.74, 6) is 0. The van der Waals surface area contributed by atoms with Gasteiger partial charge in [-0.25, -0.2) is 9.48 Å². The quantitative estimate of drug-likeness (QED) is 0.152. The number of nitrogens with one attached hydrogen (secondary N) is 1. The Morgan fingerprint density at radius 2 is 1.60 bits per heavy atom. The Morgan fingerprint density at radius 1 is 0.971 bits per heavy atom. The van der Waals surface area contributed by atoms with Crippen LogP contribution >= 0.6 is 46.4 Å². The summed E-state index contributed by atoms with van der Waals surface area (Å²) in [5.41, 5.74) is 4.44. The number of halogens is 4. The third kappa shape index (κ3) is 6.16. The van der Waals surface area contributed by atoms with Crippen molar-refractivity contribution in [1.29, 1.82) is 0 Å². The summed E-state index contributed by atoms with van der Waals surface area (Å²) < 4.78 is 1.69. The molecule has 3 aromatic carbocycles. The molecule has 1 amide bonds. The molecule has 35 heavy (non-hydrogen) atoms. The molecule has 0 aliphatic heterocycles. The van der Waals surface area contributed by atoms with Gasteiger partial charge < -0.3 is 5.32 Å². The predicted molar refractivity (Wildman–Crippen MR) is 141 cm³/mol. The molecule has 10 heteroatoms. The van der Waals surface area contributed by atoms with Gasteiger partial charge in [0, 0.05) is 32.7 Å². The zero-order chi connectivity index (χ0) is 24.9. The van der Waals surface area contributed by atoms with Gasteiger partial charge in [0.15, 0.2) is 0 Å². The normalized spacial score (nSPS) is 11.1. The SMILES string of the molecule is Cc1c(/C=N/OC(=O)NCc2ccc(Cl)cc2)nn(-c2ccc(Cl)cc2Cl)c1-c1ccc(Cl)cc1. The molecule has 0 atom stereocenters. The zero-order valence-electron chi connectivity index (χ0n) is 18.3. The fourth-order valence-electron chi connectivity index (χ4n) is 3.34. The summed E-state index contributed by atoms with van der Waals surface area (Å²) >= 11 is 24.5. The Balaban J connectivity index is 1.57. The third-order valence-corrected chi connectivity index (χ3v) is 6.12. The molecule has 0 aliphatic carbocycles. The molecule has 178 valence electrons. The van der Waals surface area contributed by atoms with Gasteiger partial charge in [-0.05, 0) is 55.0 Å². The van der Waals surface area contributed by atoms with Crippen LogP contribution in [0.15, 0.2) is 71.9 Å². The summed E-state index contributed by atoms with van der Waals surface area (Å²) in [6, 6.07) is 19.6. The largest absolute Gasteiger partial charge is 0.433 e. The predicted octanol–water partition coefficient (Wildman–Crippen LogP) is 7.72. The van der Waals surface area contributed by atoms with Crippen molar-refractivity contribution in [2.45, 2.75) is 13.5 Å². The molecule has 0 saturated carbocycles. The molecule has 0 unspecified atom stereocenters. The zero-order valence-corrected chi connectivity index (χ0v) is 21.3. The highest BCUT2D eigenvalue weighted by atomic mass is 35.5. The monoisotopic (exact) mass is 546 g/mol. The van der Waals surface area contributed by atoms with Gasteiger partial charge in [-0.1, -0.05) is 75.8 Å². The lowest BCUT2D eigenvalue weighted by Crippen LogP contribution is -2.22. The molecule has 0 aliphatic rings. The van der Waals surface area contributed by atoms with E-state index in [2.05, 4.69) is 15.6 Å². The average molecular weight is 548 g/mol. The molecule has 6 nitrogen and oxygen atoms in total. The second kappa shape index (κ2) is 11.1. The molecule has 1 aromatic heterocycles. The number of hydrogen-bond acceptors (Lipinski definition) is 4. The van der Waals surface area contributed by atoms with Crippen molar-refractivity contribution in [3.63, 3.8) is 0 Å². The molecule has 1 N–H and O–H groups in total. The standard InChI is InChI=1S/C25H18Cl4N4O2/c1-15-22(14-31-35-25(34)30-13-16-2-6-18(26)7-3-16)32-33(23-11-10-20(28)12-21(23)29)24(15)17-4-8-19(27)9-5-17/h2-12,14H,13H2,1H3,(H,30,34)/b31-14+.